The van der Waals surface area contributed by atoms with Gasteiger partial charge < -0.3 is 34.9 Å². The van der Waals surface area contributed by atoms with Gasteiger partial charge in [0.2, 0.25) is 0 Å². The summed E-state index contributed by atoms with van der Waals surface area (Å²) in [5.74, 6) is 1.29. The third kappa shape index (κ3) is 7.13. The Hall–Kier alpha value is -4.26. The summed E-state index contributed by atoms with van der Waals surface area (Å²) in [6.45, 7) is 5.00. The molecule has 0 aliphatic carbocycles. The first-order valence-electron chi connectivity index (χ1n) is 11.8. The van der Waals surface area contributed by atoms with E-state index in [2.05, 4.69) is 16.0 Å². The van der Waals surface area contributed by atoms with Gasteiger partial charge in [-0.3, -0.25) is 4.79 Å². The number of methoxy groups -OCH3 is 2. The van der Waals surface area contributed by atoms with Crippen molar-refractivity contribution in [3.8, 4) is 23.3 Å². The lowest BCUT2D eigenvalue weighted by Crippen LogP contribution is -2.14. The van der Waals surface area contributed by atoms with Gasteiger partial charge in [0.1, 0.15) is 6.10 Å². The summed E-state index contributed by atoms with van der Waals surface area (Å²) in [5, 5.41) is 19.7. The van der Waals surface area contributed by atoms with Crippen molar-refractivity contribution >= 4 is 6.29 Å². The van der Waals surface area contributed by atoms with E-state index in [1.165, 1.54) is 6.20 Å². The summed E-state index contributed by atoms with van der Waals surface area (Å²) < 4.78 is 19.4. The van der Waals surface area contributed by atoms with E-state index in [4.69, 9.17) is 25.1 Å². The maximum Gasteiger partial charge on any atom is 0.167 e. The number of benzene rings is 2. The number of nitriles is 1. The van der Waals surface area contributed by atoms with Crippen LogP contribution in [0, 0.1) is 11.3 Å². The van der Waals surface area contributed by atoms with Crippen LogP contribution in [0.4, 0.5) is 0 Å². The summed E-state index contributed by atoms with van der Waals surface area (Å²) in [4.78, 5) is 9.92. The highest BCUT2D eigenvalue weighted by molar-refractivity contribution is 5.71. The van der Waals surface area contributed by atoms with Crippen LogP contribution in [-0.4, -0.2) is 43.3 Å². The number of aliphatic hydroxyl groups excluding tert-OH is 1. The van der Waals surface area contributed by atoms with E-state index in [0.29, 0.717) is 35.7 Å². The largest absolute Gasteiger partial charge is 0.493 e. The fourth-order valence-electron chi connectivity index (χ4n) is 3.80. The van der Waals surface area contributed by atoms with Crippen molar-refractivity contribution in [3.63, 3.8) is 0 Å². The molecule has 1 aliphatic heterocycles. The zero-order valence-corrected chi connectivity index (χ0v) is 21.6. The van der Waals surface area contributed by atoms with Gasteiger partial charge in [-0.1, -0.05) is 12.1 Å². The molecule has 2 aromatic carbocycles. The first-order valence-corrected chi connectivity index (χ1v) is 11.8. The molecule has 0 bridgehead atoms. The van der Waals surface area contributed by atoms with Gasteiger partial charge in [-0.05, 0) is 50.2 Å². The molecular weight excluding hydrogens is 472 g/mol. The summed E-state index contributed by atoms with van der Waals surface area (Å²) >= 11 is 0. The first-order chi connectivity index (χ1) is 18.0. The van der Waals surface area contributed by atoms with Crippen LogP contribution in [-0.2, 0) is 16.1 Å². The van der Waals surface area contributed by atoms with E-state index < -0.39 is 0 Å². The van der Waals surface area contributed by atoms with Crippen molar-refractivity contribution in [2.75, 3.05) is 27.4 Å². The lowest BCUT2D eigenvalue weighted by atomic mass is 9.96. The number of nitrogens with two attached hydrogens (primary N) is 1. The summed E-state index contributed by atoms with van der Waals surface area (Å²) in [7, 11) is 3.23. The van der Waals surface area contributed by atoms with Crippen LogP contribution in [0.25, 0.3) is 5.69 Å². The van der Waals surface area contributed by atoms with Crippen molar-refractivity contribution in [1.82, 2.24) is 9.88 Å². The quantitative estimate of drug-likeness (QED) is 0.341. The standard InChI is InChI=1S/C21H18N2O3.C5H10N2O.C2H6O/c1-24-19-7-3-6-16(21(19)25-2)20-17-11-14(12-22)8-9-18(17)23-10-4-5-15(23)13-26-20;1-2-7-5(3-6)4-8;1-2-3/h3-11,20H,13H2,1-2H3;3-4,7H,2,6H2,1H3;3H,2H2,1H3/b;5-3-;. The van der Waals surface area contributed by atoms with Gasteiger partial charge in [-0.2, -0.15) is 5.26 Å². The molecule has 1 atom stereocenters. The number of nitrogens with one attached hydrogen (secondary N) is 1. The monoisotopic (exact) mass is 506 g/mol. The Bertz CT molecular complexity index is 1230. The second-order valence-corrected chi connectivity index (χ2v) is 7.62. The maximum absolute atomic E-state index is 9.92. The second kappa shape index (κ2) is 15.0. The Kier molecular flexibility index (Phi) is 11.7. The highest BCUT2D eigenvalue weighted by atomic mass is 16.5. The van der Waals surface area contributed by atoms with E-state index in [1.807, 2.05) is 61.7 Å². The fourth-order valence-corrected chi connectivity index (χ4v) is 3.80. The molecule has 4 N–H and O–H groups in total. The molecule has 1 aliphatic rings. The molecule has 2 heterocycles. The Morgan fingerprint density at radius 3 is 2.54 bits per heavy atom. The number of carbonyl (C=O) groups is 1. The van der Waals surface area contributed by atoms with Gasteiger partial charge in [0.15, 0.2) is 17.8 Å². The minimum Gasteiger partial charge on any atom is -0.493 e. The fraction of sp³-hybridized carbons (Fsp3) is 0.286. The number of nitrogens with zero attached hydrogens (tertiary/aromatic N) is 2. The number of aldehydes is 1. The number of allylic oxidation sites excluding steroid dienone is 1. The lowest BCUT2D eigenvalue weighted by molar-refractivity contribution is -0.105. The minimum absolute atomic E-state index is 0.250. The lowest BCUT2D eigenvalue weighted by Gasteiger charge is -2.22. The van der Waals surface area contributed by atoms with Gasteiger partial charge in [-0.25, -0.2) is 0 Å². The molecule has 0 saturated carbocycles. The van der Waals surface area contributed by atoms with Crippen LogP contribution in [0.3, 0.4) is 0 Å². The molecular formula is C28H34N4O5. The molecule has 196 valence electrons. The summed E-state index contributed by atoms with van der Waals surface area (Å²) in [6, 6.07) is 17.7. The van der Waals surface area contributed by atoms with Gasteiger partial charge in [-0.15, -0.1) is 0 Å². The molecule has 1 unspecified atom stereocenters. The number of aromatic nitrogens is 1. The average molecular weight is 507 g/mol. The molecule has 0 amide bonds. The first kappa shape index (κ1) is 29.0. The van der Waals surface area contributed by atoms with Gasteiger partial charge in [0, 0.05) is 42.4 Å². The molecule has 0 fully saturated rings. The third-order valence-corrected chi connectivity index (χ3v) is 5.33. The second-order valence-electron chi connectivity index (χ2n) is 7.62. The number of hydrogen-bond acceptors (Lipinski definition) is 8. The van der Waals surface area contributed by atoms with E-state index in [-0.39, 0.29) is 12.7 Å². The number of rotatable bonds is 6. The van der Waals surface area contributed by atoms with Crippen LogP contribution in [0.1, 0.15) is 42.3 Å². The van der Waals surface area contributed by atoms with Gasteiger partial charge >= 0.3 is 0 Å². The van der Waals surface area contributed by atoms with E-state index in [1.54, 1.807) is 21.1 Å². The number of aliphatic hydroxyl groups is 1. The van der Waals surface area contributed by atoms with Crippen molar-refractivity contribution < 1.29 is 24.1 Å². The van der Waals surface area contributed by atoms with Crippen molar-refractivity contribution in [2.24, 2.45) is 5.73 Å². The Balaban J connectivity index is 0.000000372. The van der Waals surface area contributed by atoms with Crippen molar-refractivity contribution in [1.29, 1.82) is 5.26 Å². The number of fused-ring (bicyclic) bond motifs is 3. The van der Waals surface area contributed by atoms with Crippen LogP contribution in [0.5, 0.6) is 11.5 Å². The van der Waals surface area contributed by atoms with Crippen molar-refractivity contribution in [2.45, 2.75) is 26.6 Å². The smallest absolute Gasteiger partial charge is 0.167 e. The average Bonchev–Trinajstić information content (AvgIpc) is 3.34. The predicted molar refractivity (Wildman–Crippen MR) is 141 cm³/mol. The summed E-state index contributed by atoms with van der Waals surface area (Å²) in [5.41, 5.74) is 9.89. The number of likely N-dealkylation sites (N-methyl/N-ethyl adjacent to an activating group) is 1. The number of carbonyl (C=O) groups excluding carboxylic acids is 1. The van der Waals surface area contributed by atoms with Crippen LogP contribution < -0.4 is 20.5 Å². The molecule has 0 radical (unpaired) electrons. The SMILES string of the molecule is CCN/C(C=O)=C\N.CCO.COc1cccc(C2OCc3cccn3-c3ccc(C#N)cc32)c1OC. The topological polar surface area (TPSA) is 132 Å². The minimum atomic E-state index is -0.372. The number of hydrogen-bond donors (Lipinski definition) is 3. The molecule has 9 heteroatoms. The van der Waals surface area contributed by atoms with Crippen LogP contribution >= 0.6 is 0 Å². The molecule has 4 rings (SSSR count). The highest BCUT2D eigenvalue weighted by Gasteiger charge is 2.28. The maximum atomic E-state index is 9.92. The predicted octanol–water partition coefficient (Wildman–Crippen LogP) is 3.58. The van der Waals surface area contributed by atoms with Crippen LogP contribution in [0.2, 0.25) is 0 Å². The Morgan fingerprint density at radius 1 is 1.22 bits per heavy atom. The number of para-hydroxylation sites is 1. The molecule has 3 aromatic rings. The van der Waals surface area contributed by atoms with E-state index >= 15 is 0 Å². The van der Waals surface area contributed by atoms with E-state index in [9.17, 15) is 10.1 Å². The summed E-state index contributed by atoms with van der Waals surface area (Å²) in [6.07, 6.45) is 3.57. The number of ether oxygens (including phenoxy) is 3. The molecule has 9 nitrogen and oxygen atoms in total. The van der Waals surface area contributed by atoms with Crippen molar-refractivity contribution in [3.05, 3.63) is 89.0 Å². The van der Waals surface area contributed by atoms with E-state index in [0.717, 1.165) is 29.1 Å². The zero-order valence-electron chi connectivity index (χ0n) is 21.6. The Labute approximate surface area is 217 Å². The third-order valence-electron chi connectivity index (χ3n) is 5.33. The molecule has 0 saturated heterocycles. The molecule has 37 heavy (non-hydrogen) atoms. The highest BCUT2D eigenvalue weighted by Crippen LogP contribution is 2.42. The molecule has 1 aromatic heterocycles. The van der Waals surface area contributed by atoms with Gasteiger partial charge in [0.05, 0.1) is 43.8 Å². The molecule has 0 spiro atoms. The van der Waals surface area contributed by atoms with Crippen LogP contribution in [0.15, 0.2) is 66.6 Å². The Morgan fingerprint density at radius 2 is 1.97 bits per heavy atom. The normalized spacial score (nSPS) is 13.6. The zero-order chi connectivity index (χ0) is 27.2. The van der Waals surface area contributed by atoms with Gasteiger partial charge in [0.25, 0.3) is 0 Å².